The minimum Gasteiger partial charge on any atom is -0.493 e. The highest BCUT2D eigenvalue weighted by Gasteiger charge is 2.33. The average molecular weight is 398 g/mol. The van der Waals surface area contributed by atoms with Gasteiger partial charge in [-0.15, -0.1) is 0 Å². The smallest absolute Gasteiger partial charge is 0.322 e. The van der Waals surface area contributed by atoms with Crippen LogP contribution in [-0.2, 0) is 11.2 Å². The van der Waals surface area contributed by atoms with Crippen LogP contribution in [0.3, 0.4) is 0 Å². The first-order valence-electron chi connectivity index (χ1n) is 9.45. The average Bonchev–Trinajstić information content (AvgIpc) is 2.65. The Morgan fingerprint density at radius 1 is 1.07 bits per heavy atom. The summed E-state index contributed by atoms with van der Waals surface area (Å²) in [5, 5.41) is 12.4. The SMILES string of the molecule is COc1cc2c(cc1OC)C(CC(=O)O)N(C(=O)Nc1cc(C)cc(C)c1)CC2. The van der Waals surface area contributed by atoms with Gasteiger partial charge in [0.2, 0.25) is 0 Å². The van der Waals surface area contributed by atoms with Gasteiger partial charge >= 0.3 is 12.0 Å². The number of aryl methyl sites for hydroxylation is 2. The van der Waals surface area contributed by atoms with E-state index in [0.29, 0.717) is 30.2 Å². The normalized spacial score (nSPS) is 15.4. The second-order valence-electron chi connectivity index (χ2n) is 7.27. The molecule has 3 rings (SSSR count). The molecule has 1 heterocycles. The van der Waals surface area contributed by atoms with Crippen molar-refractivity contribution in [2.75, 3.05) is 26.1 Å². The van der Waals surface area contributed by atoms with Crippen molar-refractivity contribution in [1.82, 2.24) is 4.90 Å². The van der Waals surface area contributed by atoms with E-state index in [1.54, 1.807) is 18.1 Å². The van der Waals surface area contributed by atoms with Gasteiger partial charge in [0.15, 0.2) is 11.5 Å². The number of hydrogen-bond donors (Lipinski definition) is 2. The Hall–Kier alpha value is -3.22. The van der Waals surface area contributed by atoms with Crippen molar-refractivity contribution < 1.29 is 24.2 Å². The maximum atomic E-state index is 13.0. The molecule has 0 aromatic heterocycles. The molecule has 2 amide bonds. The number of aliphatic carboxylic acids is 1. The Labute approximate surface area is 170 Å². The molecule has 29 heavy (non-hydrogen) atoms. The molecule has 0 aliphatic carbocycles. The molecule has 0 fully saturated rings. The number of nitrogens with zero attached hydrogens (tertiary/aromatic N) is 1. The molecule has 7 heteroatoms. The number of carbonyl (C=O) groups excluding carboxylic acids is 1. The van der Waals surface area contributed by atoms with Crippen LogP contribution in [0.2, 0.25) is 0 Å². The molecular formula is C22H26N2O5. The molecule has 0 saturated carbocycles. The van der Waals surface area contributed by atoms with E-state index >= 15 is 0 Å². The van der Waals surface area contributed by atoms with Gasteiger partial charge in [0.25, 0.3) is 0 Å². The molecule has 0 saturated heterocycles. The van der Waals surface area contributed by atoms with E-state index in [1.807, 2.05) is 38.1 Å². The lowest BCUT2D eigenvalue weighted by Gasteiger charge is -2.37. The highest BCUT2D eigenvalue weighted by Crippen LogP contribution is 2.39. The van der Waals surface area contributed by atoms with E-state index in [9.17, 15) is 14.7 Å². The summed E-state index contributed by atoms with van der Waals surface area (Å²) in [5.74, 6) is 0.133. The number of benzene rings is 2. The number of amides is 2. The van der Waals surface area contributed by atoms with Gasteiger partial charge in [-0.3, -0.25) is 4.79 Å². The van der Waals surface area contributed by atoms with Crippen LogP contribution in [-0.4, -0.2) is 42.8 Å². The molecule has 0 bridgehead atoms. The number of hydrogen-bond acceptors (Lipinski definition) is 4. The van der Waals surface area contributed by atoms with E-state index in [2.05, 4.69) is 5.32 Å². The van der Waals surface area contributed by atoms with Gasteiger partial charge in [0.05, 0.1) is 26.7 Å². The maximum absolute atomic E-state index is 13.0. The van der Waals surface area contributed by atoms with Crippen molar-refractivity contribution >= 4 is 17.7 Å². The van der Waals surface area contributed by atoms with Gasteiger partial charge in [0, 0.05) is 12.2 Å². The second-order valence-corrected chi connectivity index (χ2v) is 7.27. The minimum absolute atomic E-state index is 0.192. The number of rotatable bonds is 5. The van der Waals surface area contributed by atoms with Crippen molar-refractivity contribution in [3.8, 4) is 11.5 Å². The number of carboxylic acid groups (broad SMARTS) is 1. The summed E-state index contributed by atoms with van der Waals surface area (Å²) < 4.78 is 10.7. The zero-order valence-corrected chi connectivity index (χ0v) is 17.1. The monoisotopic (exact) mass is 398 g/mol. The van der Waals surface area contributed by atoms with Crippen LogP contribution in [0, 0.1) is 13.8 Å². The van der Waals surface area contributed by atoms with Crippen molar-refractivity contribution in [2.24, 2.45) is 0 Å². The van der Waals surface area contributed by atoms with Crippen LogP contribution in [0.15, 0.2) is 30.3 Å². The van der Waals surface area contributed by atoms with Gasteiger partial charge in [0.1, 0.15) is 0 Å². The molecule has 0 radical (unpaired) electrons. The topological polar surface area (TPSA) is 88.1 Å². The first-order chi connectivity index (χ1) is 13.8. The number of fused-ring (bicyclic) bond motifs is 1. The van der Waals surface area contributed by atoms with E-state index in [0.717, 1.165) is 22.3 Å². The minimum atomic E-state index is -0.971. The van der Waals surface area contributed by atoms with Gasteiger partial charge in [-0.2, -0.15) is 0 Å². The molecular weight excluding hydrogens is 372 g/mol. The van der Waals surface area contributed by atoms with Crippen LogP contribution < -0.4 is 14.8 Å². The molecule has 2 aromatic rings. The van der Waals surface area contributed by atoms with Crippen LogP contribution in [0.5, 0.6) is 11.5 Å². The van der Waals surface area contributed by atoms with E-state index in [-0.39, 0.29) is 12.5 Å². The predicted octanol–water partition coefficient (Wildman–Crippen LogP) is 3.93. The number of carboxylic acids is 1. The van der Waals surface area contributed by atoms with Crippen molar-refractivity contribution in [3.05, 3.63) is 52.6 Å². The summed E-state index contributed by atoms with van der Waals surface area (Å²) in [5.41, 5.74) is 4.52. The van der Waals surface area contributed by atoms with Gasteiger partial charge < -0.3 is 24.8 Å². The fourth-order valence-corrected chi connectivity index (χ4v) is 3.90. The summed E-state index contributed by atoms with van der Waals surface area (Å²) in [6, 6.07) is 8.54. The fourth-order valence-electron chi connectivity index (χ4n) is 3.90. The lowest BCUT2D eigenvalue weighted by Crippen LogP contribution is -2.43. The Kier molecular flexibility index (Phi) is 5.96. The molecule has 7 nitrogen and oxygen atoms in total. The molecule has 1 aliphatic heterocycles. The third-order valence-electron chi connectivity index (χ3n) is 5.10. The summed E-state index contributed by atoms with van der Waals surface area (Å²) >= 11 is 0. The molecule has 154 valence electrons. The highest BCUT2D eigenvalue weighted by atomic mass is 16.5. The van der Waals surface area contributed by atoms with Crippen molar-refractivity contribution in [2.45, 2.75) is 32.7 Å². The summed E-state index contributed by atoms with van der Waals surface area (Å²) in [6.07, 6.45) is 0.412. The van der Waals surface area contributed by atoms with Crippen molar-refractivity contribution in [3.63, 3.8) is 0 Å². The molecule has 1 atom stereocenters. The quantitative estimate of drug-likeness (QED) is 0.797. The van der Waals surface area contributed by atoms with E-state index in [4.69, 9.17) is 9.47 Å². The molecule has 1 aliphatic rings. The van der Waals surface area contributed by atoms with Crippen LogP contribution >= 0.6 is 0 Å². The van der Waals surface area contributed by atoms with E-state index < -0.39 is 12.0 Å². The standard InChI is InChI=1S/C22H26N2O5/c1-13-7-14(2)9-16(8-13)23-22(27)24-6-5-15-10-19(28-3)20(29-4)11-17(15)18(24)12-21(25)26/h7-11,18H,5-6,12H2,1-4H3,(H,23,27)(H,25,26). The van der Waals surface area contributed by atoms with Gasteiger partial charge in [-0.25, -0.2) is 4.79 Å². The molecule has 1 unspecified atom stereocenters. The zero-order valence-electron chi connectivity index (χ0n) is 17.1. The fraction of sp³-hybridized carbons (Fsp3) is 0.364. The zero-order chi connectivity index (χ0) is 21.1. The Morgan fingerprint density at radius 3 is 2.28 bits per heavy atom. The number of ether oxygens (including phenoxy) is 2. The Bertz CT molecular complexity index is 921. The summed E-state index contributed by atoms with van der Waals surface area (Å²) in [4.78, 5) is 26.2. The lowest BCUT2D eigenvalue weighted by atomic mass is 9.90. The predicted molar refractivity (Wildman–Crippen MR) is 110 cm³/mol. The molecule has 2 N–H and O–H groups in total. The van der Waals surface area contributed by atoms with Crippen LogP contribution in [0.25, 0.3) is 0 Å². The van der Waals surface area contributed by atoms with Crippen LogP contribution in [0.1, 0.15) is 34.7 Å². The van der Waals surface area contributed by atoms with Gasteiger partial charge in [-0.05, 0) is 66.8 Å². The summed E-state index contributed by atoms with van der Waals surface area (Å²) in [7, 11) is 3.09. The number of anilines is 1. The lowest BCUT2D eigenvalue weighted by molar-refractivity contribution is -0.138. The summed E-state index contributed by atoms with van der Waals surface area (Å²) in [6.45, 7) is 4.34. The largest absolute Gasteiger partial charge is 0.493 e. The number of methoxy groups -OCH3 is 2. The maximum Gasteiger partial charge on any atom is 0.322 e. The second kappa shape index (κ2) is 8.43. The molecule has 0 spiro atoms. The van der Waals surface area contributed by atoms with Gasteiger partial charge in [-0.1, -0.05) is 6.07 Å². The Balaban J connectivity index is 1.94. The molecule has 2 aromatic carbocycles. The van der Waals surface area contributed by atoms with E-state index in [1.165, 1.54) is 7.11 Å². The van der Waals surface area contributed by atoms with Crippen LogP contribution in [0.4, 0.5) is 10.5 Å². The first-order valence-corrected chi connectivity index (χ1v) is 9.45. The third-order valence-corrected chi connectivity index (χ3v) is 5.10. The highest BCUT2D eigenvalue weighted by molar-refractivity contribution is 5.90. The first kappa shape index (κ1) is 20.5. The Morgan fingerprint density at radius 2 is 1.69 bits per heavy atom. The van der Waals surface area contributed by atoms with Crippen molar-refractivity contribution in [1.29, 1.82) is 0 Å². The number of nitrogens with one attached hydrogen (secondary N) is 1. The number of urea groups is 1. The third kappa shape index (κ3) is 4.45. The number of carbonyl (C=O) groups is 2.